The Hall–Kier alpha value is -2.73. The first-order chi connectivity index (χ1) is 13.1. The summed E-state index contributed by atoms with van der Waals surface area (Å²) in [6.07, 6.45) is 0.898. The quantitative estimate of drug-likeness (QED) is 0.701. The van der Waals surface area contributed by atoms with E-state index in [0.29, 0.717) is 6.54 Å². The highest BCUT2D eigenvalue weighted by Gasteiger charge is 2.16. The van der Waals surface area contributed by atoms with Crippen LogP contribution in [0, 0.1) is 0 Å². The number of fused-ring (bicyclic) bond motifs is 1. The average Bonchev–Trinajstić information content (AvgIpc) is 3.14. The Labute approximate surface area is 160 Å². The second kappa shape index (κ2) is 9.28. The molecule has 1 aliphatic heterocycles. The molecule has 1 heterocycles. The number of carbonyl (C=O) groups excluding carboxylic acids is 1. The van der Waals surface area contributed by atoms with E-state index in [4.69, 9.17) is 9.47 Å². The number of urea groups is 1. The smallest absolute Gasteiger partial charge is 0.315 e. The molecule has 6 heteroatoms. The first-order valence-corrected chi connectivity index (χ1v) is 9.28. The molecule has 6 nitrogen and oxygen atoms in total. The Kier molecular flexibility index (Phi) is 6.54. The van der Waals surface area contributed by atoms with E-state index in [1.54, 1.807) is 0 Å². The van der Waals surface area contributed by atoms with Crippen LogP contribution >= 0.6 is 0 Å². The maximum absolute atomic E-state index is 12.1. The van der Waals surface area contributed by atoms with Crippen LogP contribution in [0.15, 0.2) is 48.5 Å². The number of carbonyl (C=O) groups is 1. The Morgan fingerprint density at radius 1 is 1.15 bits per heavy atom. The summed E-state index contributed by atoms with van der Waals surface area (Å²) < 4.78 is 10.7. The van der Waals surface area contributed by atoms with Crippen LogP contribution in [-0.2, 0) is 6.54 Å². The molecule has 3 rings (SSSR count). The van der Waals surface area contributed by atoms with Crippen molar-refractivity contribution in [1.82, 2.24) is 15.5 Å². The summed E-state index contributed by atoms with van der Waals surface area (Å²) in [5, 5.41) is 5.88. The summed E-state index contributed by atoms with van der Waals surface area (Å²) >= 11 is 0. The summed E-state index contributed by atoms with van der Waals surface area (Å²) in [6.45, 7) is 4.67. The molecular formula is C21H27N3O3. The van der Waals surface area contributed by atoms with E-state index < -0.39 is 0 Å². The minimum absolute atomic E-state index is 0.111. The van der Waals surface area contributed by atoms with E-state index >= 15 is 0 Å². The highest BCUT2D eigenvalue weighted by atomic mass is 16.7. The van der Waals surface area contributed by atoms with Gasteiger partial charge in [-0.1, -0.05) is 36.4 Å². The zero-order chi connectivity index (χ0) is 19.1. The molecule has 2 aromatic carbocycles. The van der Waals surface area contributed by atoms with E-state index in [-0.39, 0.29) is 18.9 Å². The van der Waals surface area contributed by atoms with Gasteiger partial charge in [0.25, 0.3) is 0 Å². The van der Waals surface area contributed by atoms with Gasteiger partial charge in [0.05, 0.1) is 6.04 Å². The molecule has 144 valence electrons. The molecule has 0 fully saturated rings. The van der Waals surface area contributed by atoms with Crippen LogP contribution in [-0.4, -0.2) is 37.9 Å². The Bertz CT molecular complexity index is 752. The van der Waals surface area contributed by atoms with Crippen molar-refractivity contribution in [3.8, 4) is 11.5 Å². The molecule has 1 atom stereocenters. The van der Waals surface area contributed by atoms with Crippen LogP contribution in [0.4, 0.5) is 4.79 Å². The van der Waals surface area contributed by atoms with E-state index in [2.05, 4.69) is 46.8 Å². The molecule has 0 saturated heterocycles. The van der Waals surface area contributed by atoms with Crippen molar-refractivity contribution in [2.24, 2.45) is 0 Å². The van der Waals surface area contributed by atoms with E-state index in [1.807, 2.05) is 31.2 Å². The number of hydrogen-bond donors (Lipinski definition) is 2. The molecule has 0 aromatic heterocycles. The van der Waals surface area contributed by atoms with E-state index in [9.17, 15) is 4.79 Å². The zero-order valence-corrected chi connectivity index (χ0v) is 15.9. The van der Waals surface area contributed by atoms with Gasteiger partial charge in [-0.25, -0.2) is 4.79 Å². The minimum Gasteiger partial charge on any atom is -0.454 e. The van der Waals surface area contributed by atoms with Crippen molar-refractivity contribution in [2.75, 3.05) is 26.9 Å². The largest absolute Gasteiger partial charge is 0.454 e. The zero-order valence-electron chi connectivity index (χ0n) is 15.9. The lowest BCUT2D eigenvalue weighted by Gasteiger charge is -2.18. The normalized spacial score (nSPS) is 13.4. The summed E-state index contributed by atoms with van der Waals surface area (Å²) in [4.78, 5) is 14.4. The number of nitrogens with zero attached hydrogens (tertiary/aromatic N) is 1. The molecule has 0 spiro atoms. The summed E-state index contributed by atoms with van der Waals surface area (Å²) in [7, 11) is 2.09. The standard InChI is InChI=1S/C21H27N3O3/c1-16(18-9-10-19-20(13-18)27-15-26-19)23-21(25)22-11-6-12-24(2)14-17-7-4-3-5-8-17/h3-5,7-10,13,16H,6,11-12,14-15H2,1-2H3,(H2,22,23,25). The highest BCUT2D eigenvalue weighted by molar-refractivity contribution is 5.74. The Morgan fingerprint density at radius 2 is 1.93 bits per heavy atom. The third-order valence-corrected chi connectivity index (χ3v) is 4.54. The molecular weight excluding hydrogens is 342 g/mol. The molecule has 2 aromatic rings. The van der Waals surface area contributed by atoms with E-state index in [0.717, 1.165) is 36.6 Å². The fraction of sp³-hybridized carbons (Fsp3) is 0.381. The maximum Gasteiger partial charge on any atom is 0.315 e. The van der Waals surface area contributed by atoms with Crippen molar-refractivity contribution in [3.05, 3.63) is 59.7 Å². The summed E-state index contributed by atoms with van der Waals surface area (Å²) in [5.41, 5.74) is 2.28. The fourth-order valence-electron chi connectivity index (χ4n) is 3.04. The number of nitrogens with one attached hydrogen (secondary N) is 2. The SMILES string of the molecule is CC(NC(=O)NCCCN(C)Cc1ccccc1)c1ccc2c(c1)OCO2. The van der Waals surface area contributed by atoms with Gasteiger partial charge in [0.2, 0.25) is 6.79 Å². The van der Waals surface area contributed by atoms with Gasteiger partial charge in [-0.15, -0.1) is 0 Å². The first kappa shape index (κ1) is 19.0. The topological polar surface area (TPSA) is 62.8 Å². The van der Waals surface area contributed by atoms with Crippen molar-refractivity contribution in [3.63, 3.8) is 0 Å². The number of benzene rings is 2. The number of ether oxygens (including phenoxy) is 2. The predicted molar refractivity (Wildman–Crippen MR) is 105 cm³/mol. The van der Waals surface area contributed by atoms with Gasteiger partial charge < -0.3 is 25.0 Å². The molecule has 2 N–H and O–H groups in total. The number of amides is 2. The van der Waals surface area contributed by atoms with Gasteiger partial charge >= 0.3 is 6.03 Å². The molecule has 1 aliphatic rings. The van der Waals surface area contributed by atoms with Gasteiger partial charge in [0, 0.05) is 13.1 Å². The van der Waals surface area contributed by atoms with Crippen LogP contribution in [0.5, 0.6) is 11.5 Å². The molecule has 2 amide bonds. The monoisotopic (exact) mass is 369 g/mol. The van der Waals surface area contributed by atoms with Crippen LogP contribution in [0.25, 0.3) is 0 Å². The number of rotatable bonds is 8. The third kappa shape index (κ3) is 5.62. The van der Waals surface area contributed by atoms with E-state index in [1.165, 1.54) is 5.56 Å². The van der Waals surface area contributed by atoms with Gasteiger partial charge in [-0.3, -0.25) is 0 Å². The molecule has 0 aliphatic carbocycles. The van der Waals surface area contributed by atoms with Crippen LogP contribution in [0.1, 0.15) is 30.5 Å². The second-order valence-electron chi connectivity index (χ2n) is 6.81. The predicted octanol–water partition coefficient (Wildman–Crippen LogP) is 3.30. The third-order valence-electron chi connectivity index (χ3n) is 4.54. The van der Waals surface area contributed by atoms with Gasteiger partial charge in [0.1, 0.15) is 0 Å². The molecule has 0 radical (unpaired) electrons. The Balaban J connectivity index is 1.34. The van der Waals surface area contributed by atoms with Crippen LogP contribution in [0.3, 0.4) is 0 Å². The molecule has 0 saturated carbocycles. The minimum atomic E-state index is -0.161. The number of hydrogen-bond acceptors (Lipinski definition) is 4. The maximum atomic E-state index is 12.1. The lowest BCUT2D eigenvalue weighted by molar-refractivity contribution is 0.174. The second-order valence-corrected chi connectivity index (χ2v) is 6.81. The first-order valence-electron chi connectivity index (χ1n) is 9.28. The van der Waals surface area contributed by atoms with Crippen molar-refractivity contribution >= 4 is 6.03 Å². The van der Waals surface area contributed by atoms with Crippen molar-refractivity contribution in [1.29, 1.82) is 0 Å². The van der Waals surface area contributed by atoms with Crippen LogP contribution in [0.2, 0.25) is 0 Å². The van der Waals surface area contributed by atoms with Crippen LogP contribution < -0.4 is 20.1 Å². The van der Waals surface area contributed by atoms with Gasteiger partial charge in [-0.2, -0.15) is 0 Å². The molecule has 27 heavy (non-hydrogen) atoms. The van der Waals surface area contributed by atoms with Gasteiger partial charge in [-0.05, 0) is 50.2 Å². The van der Waals surface area contributed by atoms with Gasteiger partial charge in [0.15, 0.2) is 11.5 Å². The lowest BCUT2D eigenvalue weighted by Crippen LogP contribution is -2.38. The Morgan fingerprint density at radius 3 is 2.74 bits per heavy atom. The molecule has 0 bridgehead atoms. The molecule has 1 unspecified atom stereocenters. The van der Waals surface area contributed by atoms with Crippen molar-refractivity contribution < 1.29 is 14.3 Å². The summed E-state index contributed by atoms with van der Waals surface area (Å²) in [5.74, 6) is 1.47. The summed E-state index contributed by atoms with van der Waals surface area (Å²) in [6, 6.07) is 15.8. The highest BCUT2D eigenvalue weighted by Crippen LogP contribution is 2.34. The average molecular weight is 369 g/mol. The fourth-order valence-corrected chi connectivity index (χ4v) is 3.04. The van der Waals surface area contributed by atoms with Crippen molar-refractivity contribution in [2.45, 2.75) is 25.9 Å². The lowest BCUT2D eigenvalue weighted by atomic mass is 10.1.